The number of ether oxygens (including phenoxy) is 2. The Balaban J connectivity index is 1.55. The molecule has 1 N–H and O–H groups in total. The van der Waals surface area contributed by atoms with Crippen molar-refractivity contribution >= 4 is 16.8 Å². The highest BCUT2D eigenvalue weighted by atomic mass is 32.2. The lowest BCUT2D eigenvalue weighted by Crippen LogP contribution is -2.06. The fourth-order valence-corrected chi connectivity index (χ4v) is 3.20. The van der Waals surface area contributed by atoms with Gasteiger partial charge >= 0.3 is 0 Å². The van der Waals surface area contributed by atoms with Gasteiger partial charge in [-0.05, 0) is 17.7 Å². The zero-order valence-corrected chi connectivity index (χ0v) is 11.4. The first kappa shape index (κ1) is 11.7. The fraction of sp³-hybridized carbons (Fsp3) is 0.133. The van der Waals surface area contributed by atoms with Crippen molar-refractivity contribution in [1.29, 1.82) is 0 Å². The topological polar surface area (TPSA) is 42.9 Å². The van der Waals surface area contributed by atoms with Gasteiger partial charge in [-0.2, -0.15) is 5.10 Å². The maximum atomic E-state index is 5.41. The summed E-state index contributed by atoms with van der Waals surface area (Å²) in [7, 11) is 0. The Morgan fingerprint density at radius 1 is 1.05 bits per heavy atom. The van der Waals surface area contributed by atoms with E-state index in [9.17, 15) is 0 Å². The summed E-state index contributed by atoms with van der Waals surface area (Å²) in [5.41, 5.74) is 5.43. The molecule has 2 aromatic carbocycles. The largest absolute Gasteiger partial charge is 0.454 e. The van der Waals surface area contributed by atoms with E-state index in [1.54, 1.807) is 11.8 Å². The maximum Gasteiger partial charge on any atom is 0.231 e. The molecule has 2 aliphatic heterocycles. The van der Waals surface area contributed by atoms with Crippen LogP contribution in [-0.4, -0.2) is 11.8 Å². The van der Waals surface area contributed by atoms with Crippen molar-refractivity contribution in [2.75, 3.05) is 6.79 Å². The molecule has 0 saturated carbocycles. The minimum atomic E-state index is 0.111. The van der Waals surface area contributed by atoms with Gasteiger partial charge in [-0.25, -0.2) is 0 Å². The third-order valence-electron chi connectivity index (χ3n) is 3.23. The van der Waals surface area contributed by atoms with Gasteiger partial charge in [-0.15, -0.1) is 0 Å². The quantitative estimate of drug-likeness (QED) is 0.920. The van der Waals surface area contributed by atoms with Crippen LogP contribution in [0, 0.1) is 0 Å². The van der Waals surface area contributed by atoms with Crippen LogP contribution in [0.4, 0.5) is 0 Å². The molecule has 2 aliphatic rings. The molecular formula is C15H12N2O2S. The summed E-state index contributed by atoms with van der Waals surface area (Å²) in [4.78, 5) is 0. The van der Waals surface area contributed by atoms with Gasteiger partial charge in [0.25, 0.3) is 0 Å². The summed E-state index contributed by atoms with van der Waals surface area (Å²) in [6.45, 7) is 0.301. The Labute approximate surface area is 120 Å². The molecule has 0 radical (unpaired) electrons. The summed E-state index contributed by atoms with van der Waals surface area (Å²) < 4.78 is 10.7. The van der Waals surface area contributed by atoms with E-state index in [0.717, 1.165) is 27.7 Å². The van der Waals surface area contributed by atoms with Gasteiger partial charge in [0.05, 0.1) is 0 Å². The standard InChI is InChI=1S/C15H12N2O2S/c1-2-4-10(5-3-1)14-16-17-15(20-14)11-6-7-12-13(8-11)19-9-18-12/h1-8,15,17H,9H2. The molecule has 20 heavy (non-hydrogen) atoms. The van der Waals surface area contributed by atoms with Gasteiger partial charge in [0, 0.05) is 5.56 Å². The summed E-state index contributed by atoms with van der Waals surface area (Å²) in [6.07, 6.45) is 0. The number of rotatable bonds is 2. The normalized spacial score (nSPS) is 19.6. The van der Waals surface area contributed by atoms with Crippen LogP contribution in [0.15, 0.2) is 53.6 Å². The van der Waals surface area contributed by atoms with E-state index in [2.05, 4.69) is 22.7 Å². The Bertz CT molecular complexity index is 673. The average molecular weight is 284 g/mol. The number of hydrogen-bond donors (Lipinski definition) is 1. The molecule has 1 atom stereocenters. The van der Waals surface area contributed by atoms with Crippen molar-refractivity contribution in [2.45, 2.75) is 5.37 Å². The highest BCUT2D eigenvalue weighted by Gasteiger charge is 2.24. The van der Waals surface area contributed by atoms with Crippen molar-refractivity contribution in [1.82, 2.24) is 5.43 Å². The van der Waals surface area contributed by atoms with Crippen LogP contribution >= 0.6 is 11.8 Å². The van der Waals surface area contributed by atoms with Crippen molar-refractivity contribution in [3.8, 4) is 11.5 Å². The zero-order valence-electron chi connectivity index (χ0n) is 10.6. The zero-order chi connectivity index (χ0) is 13.4. The first-order chi connectivity index (χ1) is 9.90. The fourth-order valence-electron chi connectivity index (χ4n) is 2.21. The molecule has 0 aromatic heterocycles. The minimum Gasteiger partial charge on any atom is -0.454 e. The number of hydrogen-bond acceptors (Lipinski definition) is 5. The summed E-state index contributed by atoms with van der Waals surface area (Å²) >= 11 is 1.70. The second-order valence-electron chi connectivity index (χ2n) is 4.52. The third-order valence-corrected chi connectivity index (χ3v) is 4.40. The lowest BCUT2D eigenvalue weighted by atomic mass is 10.2. The van der Waals surface area contributed by atoms with E-state index < -0.39 is 0 Å². The molecular weight excluding hydrogens is 272 g/mol. The van der Waals surface area contributed by atoms with E-state index in [-0.39, 0.29) is 5.37 Å². The summed E-state index contributed by atoms with van der Waals surface area (Å²) in [5, 5.41) is 5.53. The van der Waals surface area contributed by atoms with E-state index in [0.29, 0.717) is 6.79 Å². The highest BCUT2D eigenvalue weighted by Crippen LogP contribution is 2.39. The predicted molar refractivity (Wildman–Crippen MR) is 79.0 cm³/mol. The number of fused-ring (bicyclic) bond motifs is 1. The van der Waals surface area contributed by atoms with E-state index in [1.807, 2.05) is 36.4 Å². The van der Waals surface area contributed by atoms with Crippen molar-refractivity contribution in [3.05, 3.63) is 59.7 Å². The molecule has 5 heteroatoms. The van der Waals surface area contributed by atoms with Gasteiger partial charge in [0.2, 0.25) is 6.79 Å². The van der Waals surface area contributed by atoms with Crippen molar-refractivity contribution in [2.24, 2.45) is 5.10 Å². The molecule has 4 rings (SSSR count). The van der Waals surface area contributed by atoms with Gasteiger partial charge in [-0.3, -0.25) is 5.43 Å². The number of nitrogens with one attached hydrogen (secondary N) is 1. The average Bonchev–Trinajstić information content (AvgIpc) is 3.16. The summed E-state index contributed by atoms with van der Waals surface area (Å²) in [5.74, 6) is 1.61. The summed E-state index contributed by atoms with van der Waals surface area (Å²) in [6, 6.07) is 16.2. The van der Waals surface area contributed by atoms with Crippen LogP contribution in [-0.2, 0) is 0 Å². The molecule has 0 aliphatic carbocycles. The lowest BCUT2D eigenvalue weighted by Gasteiger charge is -2.10. The van der Waals surface area contributed by atoms with Crippen molar-refractivity contribution in [3.63, 3.8) is 0 Å². The molecule has 100 valence electrons. The lowest BCUT2D eigenvalue weighted by molar-refractivity contribution is 0.174. The molecule has 0 bridgehead atoms. The molecule has 0 fully saturated rings. The maximum absolute atomic E-state index is 5.41. The van der Waals surface area contributed by atoms with Crippen LogP contribution in [0.2, 0.25) is 0 Å². The molecule has 0 amide bonds. The molecule has 1 unspecified atom stereocenters. The molecule has 2 aromatic rings. The number of nitrogens with zero attached hydrogens (tertiary/aromatic N) is 1. The van der Waals surface area contributed by atoms with Crippen LogP contribution < -0.4 is 14.9 Å². The Hall–Kier alpha value is -2.14. The SMILES string of the molecule is c1ccc(C2=NNC(c3ccc4c(c3)OCO4)S2)cc1. The first-order valence-corrected chi connectivity index (χ1v) is 7.23. The monoisotopic (exact) mass is 284 g/mol. The first-order valence-electron chi connectivity index (χ1n) is 6.35. The van der Waals surface area contributed by atoms with E-state index in [4.69, 9.17) is 9.47 Å². The number of thioether (sulfide) groups is 1. The Morgan fingerprint density at radius 2 is 1.90 bits per heavy atom. The van der Waals surface area contributed by atoms with Crippen LogP contribution in [0.25, 0.3) is 0 Å². The Morgan fingerprint density at radius 3 is 2.80 bits per heavy atom. The number of benzene rings is 2. The second kappa shape index (κ2) is 4.76. The minimum absolute atomic E-state index is 0.111. The van der Waals surface area contributed by atoms with E-state index in [1.165, 1.54) is 0 Å². The molecule has 4 nitrogen and oxygen atoms in total. The predicted octanol–water partition coefficient (Wildman–Crippen LogP) is 3.11. The van der Waals surface area contributed by atoms with Crippen LogP contribution in [0.5, 0.6) is 11.5 Å². The molecule has 2 heterocycles. The second-order valence-corrected chi connectivity index (χ2v) is 5.62. The van der Waals surface area contributed by atoms with Gasteiger partial charge in [-0.1, -0.05) is 48.2 Å². The molecule has 0 spiro atoms. The third kappa shape index (κ3) is 2.00. The van der Waals surface area contributed by atoms with Gasteiger partial charge in [0.15, 0.2) is 11.5 Å². The van der Waals surface area contributed by atoms with Crippen molar-refractivity contribution < 1.29 is 9.47 Å². The van der Waals surface area contributed by atoms with Crippen LogP contribution in [0.3, 0.4) is 0 Å². The number of hydrazone groups is 1. The smallest absolute Gasteiger partial charge is 0.231 e. The highest BCUT2D eigenvalue weighted by molar-refractivity contribution is 8.14. The van der Waals surface area contributed by atoms with E-state index >= 15 is 0 Å². The molecule has 0 saturated heterocycles. The van der Waals surface area contributed by atoms with Gasteiger partial charge < -0.3 is 9.47 Å². The van der Waals surface area contributed by atoms with Gasteiger partial charge in [0.1, 0.15) is 10.4 Å². The van der Waals surface area contributed by atoms with Crippen LogP contribution in [0.1, 0.15) is 16.5 Å². The Kier molecular flexibility index (Phi) is 2.77.